The van der Waals surface area contributed by atoms with Crippen LogP contribution in [0.15, 0.2) is 23.8 Å². The Bertz CT molecular complexity index is 349. The summed E-state index contributed by atoms with van der Waals surface area (Å²) < 4.78 is 5.27. The van der Waals surface area contributed by atoms with Crippen LogP contribution in [0.1, 0.15) is 39.5 Å². The average Bonchev–Trinajstić information content (AvgIpc) is 2.45. The van der Waals surface area contributed by atoms with E-state index in [-0.39, 0.29) is 18.9 Å². The van der Waals surface area contributed by atoms with E-state index in [9.17, 15) is 9.90 Å². The fraction of sp³-hybridized carbons (Fsp3) is 0.688. The standard InChI is InChI=1S/C16H28O5/c1-12(11-17)10-13(2)16(20)14(21-3)8-6-4-5-7-9-15(18)19/h6,8,10,13-14,16-17,20H,4-5,7,9,11H2,1-3H3,(H,18,19)/t13-,14+,16?/m1/s1. The highest BCUT2D eigenvalue weighted by Gasteiger charge is 2.21. The first kappa shape index (κ1) is 19.8. The molecule has 0 saturated carbocycles. The summed E-state index contributed by atoms with van der Waals surface area (Å²) in [6.45, 7) is 3.66. The van der Waals surface area contributed by atoms with Crippen molar-refractivity contribution >= 4 is 5.97 Å². The minimum Gasteiger partial charge on any atom is -0.481 e. The van der Waals surface area contributed by atoms with Crippen LogP contribution in [0.2, 0.25) is 0 Å². The van der Waals surface area contributed by atoms with E-state index in [2.05, 4.69) is 0 Å². The number of methoxy groups -OCH3 is 1. The van der Waals surface area contributed by atoms with E-state index < -0.39 is 18.2 Å². The molecule has 0 amide bonds. The normalized spacial score (nSPS) is 16.9. The largest absolute Gasteiger partial charge is 0.481 e. The minimum absolute atomic E-state index is 0.0197. The summed E-state index contributed by atoms with van der Waals surface area (Å²) in [5, 5.41) is 27.7. The molecule has 0 spiro atoms. The summed E-state index contributed by atoms with van der Waals surface area (Å²) >= 11 is 0. The number of unbranched alkanes of at least 4 members (excludes halogenated alkanes) is 2. The number of rotatable bonds is 11. The van der Waals surface area contributed by atoms with Crippen molar-refractivity contribution in [2.45, 2.75) is 51.7 Å². The monoisotopic (exact) mass is 300 g/mol. The smallest absolute Gasteiger partial charge is 0.303 e. The van der Waals surface area contributed by atoms with Crippen LogP contribution in [-0.2, 0) is 9.53 Å². The molecule has 0 aromatic carbocycles. The molecule has 0 radical (unpaired) electrons. The van der Waals surface area contributed by atoms with Crippen LogP contribution in [0.25, 0.3) is 0 Å². The zero-order chi connectivity index (χ0) is 16.3. The van der Waals surface area contributed by atoms with Gasteiger partial charge in [-0.05, 0) is 26.2 Å². The van der Waals surface area contributed by atoms with E-state index >= 15 is 0 Å². The lowest BCUT2D eigenvalue weighted by Crippen LogP contribution is -2.31. The number of allylic oxidation sites excluding steroid dienone is 1. The van der Waals surface area contributed by atoms with E-state index in [1.807, 2.05) is 32.1 Å². The van der Waals surface area contributed by atoms with Crippen LogP contribution in [0.5, 0.6) is 0 Å². The molecule has 21 heavy (non-hydrogen) atoms. The number of ether oxygens (including phenoxy) is 1. The number of hydrogen-bond acceptors (Lipinski definition) is 4. The third-order valence-electron chi connectivity index (χ3n) is 3.28. The van der Waals surface area contributed by atoms with E-state index in [1.165, 1.54) is 7.11 Å². The molecule has 1 unspecified atom stereocenters. The minimum atomic E-state index is -0.774. The Labute approximate surface area is 126 Å². The Kier molecular flexibility index (Phi) is 10.8. The fourth-order valence-electron chi connectivity index (χ4n) is 2.00. The summed E-state index contributed by atoms with van der Waals surface area (Å²) in [7, 11) is 1.54. The quantitative estimate of drug-likeness (QED) is 0.402. The lowest BCUT2D eigenvalue weighted by molar-refractivity contribution is -0.137. The highest BCUT2D eigenvalue weighted by atomic mass is 16.5. The third-order valence-corrected chi connectivity index (χ3v) is 3.28. The molecule has 5 heteroatoms. The van der Waals surface area contributed by atoms with Gasteiger partial charge in [-0.1, -0.05) is 30.7 Å². The van der Waals surface area contributed by atoms with Crippen molar-refractivity contribution < 1.29 is 24.9 Å². The highest BCUT2D eigenvalue weighted by molar-refractivity contribution is 5.66. The second-order valence-corrected chi connectivity index (χ2v) is 5.29. The number of hydrogen-bond donors (Lipinski definition) is 3. The van der Waals surface area contributed by atoms with Gasteiger partial charge >= 0.3 is 5.97 Å². The van der Waals surface area contributed by atoms with Gasteiger partial charge in [0.1, 0.15) is 6.10 Å². The van der Waals surface area contributed by atoms with Gasteiger partial charge in [-0.3, -0.25) is 4.79 Å². The van der Waals surface area contributed by atoms with E-state index in [0.29, 0.717) is 6.42 Å². The van der Waals surface area contributed by atoms with Crippen LogP contribution < -0.4 is 0 Å². The predicted octanol–water partition coefficient (Wildman–Crippen LogP) is 2.14. The van der Waals surface area contributed by atoms with Crippen molar-refractivity contribution in [1.29, 1.82) is 0 Å². The number of carboxylic acids is 1. The summed E-state index contributed by atoms with van der Waals surface area (Å²) in [5.74, 6) is -0.900. The zero-order valence-electron chi connectivity index (χ0n) is 13.2. The fourth-order valence-corrected chi connectivity index (χ4v) is 2.00. The molecule has 0 rings (SSSR count). The van der Waals surface area contributed by atoms with Crippen molar-refractivity contribution in [3.8, 4) is 0 Å². The van der Waals surface area contributed by atoms with Crippen LogP contribution in [0.3, 0.4) is 0 Å². The van der Waals surface area contributed by atoms with E-state index in [0.717, 1.165) is 18.4 Å². The number of aliphatic hydroxyl groups is 2. The highest BCUT2D eigenvalue weighted by Crippen LogP contribution is 2.15. The molecule has 0 aliphatic rings. The molecular formula is C16H28O5. The molecule has 0 heterocycles. The maximum absolute atomic E-state index is 10.4. The molecule has 5 nitrogen and oxygen atoms in total. The topological polar surface area (TPSA) is 87.0 Å². The molecule has 3 N–H and O–H groups in total. The summed E-state index contributed by atoms with van der Waals surface area (Å²) in [6, 6.07) is 0. The molecule has 0 aromatic rings. The Balaban J connectivity index is 4.27. The van der Waals surface area contributed by atoms with Gasteiger partial charge in [0.15, 0.2) is 0 Å². The van der Waals surface area contributed by atoms with E-state index in [1.54, 1.807) is 0 Å². The average molecular weight is 300 g/mol. The number of aliphatic carboxylic acids is 1. The van der Waals surface area contributed by atoms with E-state index in [4.69, 9.17) is 14.9 Å². The first-order valence-electron chi connectivity index (χ1n) is 7.29. The van der Waals surface area contributed by atoms with Gasteiger partial charge in [-0.2, -0.15) is 0 Å². The summed E-state index contributed by atoms with van der Waals surface area (Å²) in [4.78, 5) is 10.4. The maximum atomic E-state index is 10.4. The number of aliphatic hydroxyl groups excluding tert-OH is 2. The second kappa shape index (κ2) is 11.5. The Morgan fingerprint density at radius 2 is 2.00 bits per heavy atom. The van der Waals surface area contributed by atoms with Crippen molar-refractivity contribution in [1.82, 2.24) is 0 Å². The van der Waals surface area contributed by atoms with Gasteiger partial charge in [0.05, 0.1) is 12.7 Å². The van der Waals surface area contributed by atoms with Gasteiger partial charge < -0.3 is 20.1 Å². The molecule has 0 fully saturated rings. The summed E-state index contributed by atoms with van der Waals surface area (Å²) in [6.07, 6.45) is 6.85. The molecule has 0 aromatic heterocycles. The Hall–Kier alpha value is -1.17. The number of carbonyl (C=O) groups is 1. The molecule has 0 saturated heterocycles. The van der Waals surface area contributed by atoms with Gasteiger partial charge in [0.25, 0.3) is 0 Å². The lowest BCUT2D eigenvalue weighted by atomic mass is 9.96. The SMILES string of the molecule is CO[C@@H](C=CCCCCC(=O)O)C(O)[C@H](C)C=C(C)CO. The molecule has 122 valence electrons. The van der Waals surface area contributed by atoms with Crippen molar-refractivity contribution in [3.63, 3.8) is 0 Å². The van der Waals surface area contributed by atoms with Crippen LogP contribution in [0, 0.1) is 5.92 Å². The van der Waals surface area contributed by atoms with Gasteiger partial charge in [-0.25, -0.2) is 0 Å². The van der Waals surface area contributed by atoms with Gasteiger partial charge in [0.2, 0.25) is 0 Å². The van der Waals surface area contributed by atoms with Gasteiger partial charge in [-0.15, -0.1) is 0 Å². The third kappa shape index (κ3) is 9.39. The molecular weight excluding hydrogens is 272 g/mol. The Morgan fingerprint density at radius 3 is 2.52 bits per heavy atom. The number of carboxylic acid groups (broad SMARTS) is 1. The van der Waals surface area contributed by atoms with Crippen LogP contribution >= 0.6 is 0 Å². The summed E-state index contributed by atoms with van der Waals surface area (Å²) in [5.41, 5.74) is 0.814. The van der Waals surface area contributed by atoms with Crippen molar-refractivity contribution in [2.24, 2.45) is 5.92 Å². The van der Waals surface area contributed by atoms with Gasteiger partial charge in [0, 0.05) is 19.4 Å². The van der Waals surface area contributed by atoms with Crippen LogP contribution in [0.4, 0.5) is 0 Å². The molecule has 0 bridgehead atoms. The Morgan fingerprint density at radius 1 is 1.33 bits per heavy atom. The first-order chi connectivity index (χ1) is 9.92. The lowest BCUT2D eigenvalue weighted by Gasteiger charge is -2.23. The van der Waals surface area contributed by atoms with Crippen LogP contribution in [-0.4, -0.2) is 47.2 Å². The second-order valence-electron chi connectivity index (χ2n) is 5.29. The zero-order valence-corrected chi connectivity index (χ0v) is 13.2. The maximum Gasteiger partial charge on any atom is 0.303 e. The van der Waals surface area contributed by atoms with Crippen molar-refractivity contribution in [2.75, 3.05) is 13.7 Å². The first-order valence-corrected chi connectivity index (χ1v) is 7.29. The molecule has 0 aliphatic heterocycles. The molecule has 0 aliphatic carbocycles. The van der Waals surface area contributed by atoms with Crippen molar-refractivity contribution in [3.05, 3.63) is 23.8 Å². The predicted molar refractivity (Wildman–Crippen MR) is 82.1 cm³/mol. The molecule has 3 atom stereocenters.